The molecule has 1 aromatic rings. The van der Waals surface area contributed by atoms with Crippen LogP contribution >= 0.6 is 0 Å². The molecular formula is C19H25FN2O3. The Morgan fingerprint density at radius 1 is 1.24 bits per heavy atom. The third-order valence-corrected chi connectivity index (χ3v) is 4.28. The van der Waals surface area contributed by atoms with Crippen molar-refractivity contribution in [3.05, 3.63) is 47.3 Å². The average molecular weight is 348 g/mol. The number of ether oxygens (including phenoxy) is 1. The molecule has 0 aliphatic heterocycles. The zero-order valence-corrected chi connectivity index (χ0v) is 14.5. The Morgan fingerprint density at radius 2 is 2.04 bits per heavy atom. The maximum Gasteiger partial charge on any atom is 0.309 e. The maximum absolute atomic E-state index is 13.3. The van der Waals surface area contributed by atoms with E-state index in [1.807, 2.05) is 0 Å². The smallest absolute Gasteiger partial charge is 0.309 e. The SMILES string of the molecule is COC(CNC(=O)C(=O)NCCC1=CCCCC1)c1cccc(F)c1. The van der Waals surface area contributed by atoms with Gasteiger partial charge in [0.05, 0.1) is 6.10 Å². The number of amides is 2. The highest BCUT2D eigenvalue weighted by atomic mass is 19.1. The number of hydrogen-bond donors (Lipinski definition) is 2. The molecule has 0 heterocycles. The molecule has 2 rings (SSSR count). The largest absolute Gasteiger partial charge is 0.375 e. The van der Waals surface area contributed by atoms with E-state index in [1.165, 1.54) is 37.7 Å². The maximum atomic E-state index is 13.3. The summed E-state index contributed by atoms with van der Waals surface area (Å²) in [5.74, 6) is -1.75. The quantitative estimate of drug-likeness (QED) is 0.588. The molecule has 1 aliphatic carbocycles. The number of nitrogens with one attached hydrogen (secondary N) is 2. The van der Waals surface area contributed by atoms with Gasteiger partial charge in [0.25, 0.3) is 0 Å². The van der Waals surface area contributed by atoms with Crippen molar-refractivity contribution in [2.45, 2.75) is 38.2 Å². The first kappa shape index (κ1) is 19.1. The van der Waals surface area contributed by atoms with Gasteiger partial charge in [-0.1, -0.05) is 23.8 Å². The van der Waals surface area contributed by atoms with E-state index in [2.05, 4.69) is 16.7 Å². The van der Waals surface area contributed by atoms with Crippen molar-refractivity contribution in [3.63, 3.8) is 0 Å². The van der Waals surface area contributed by atoms with Gasteiger partial charge < -0.3 is 15.4 Å². The average Bonchev–Trinajstić information content (AvgIpc) is 2.63. The lowest BCUT2D eigenvalue weighted by Gasteiger charge is -2.16. The zero-order valence-electron chi connectivity index (χ0n) is 14.5. The summed E-state index contributed by atoms with van der Waals surface area (Å²) in [5.41, 5.74) is 1.95. The molecule has 0 saturated carbocycles. The Bertz CT molecular complexity index is 631. The van der Waals surface area contributed by atoms with Crippen molar-refractivity contribution in [3.8, 4) is 0 Å². The molecular weight excluding hydrogens is 323 g/mol. The van der Waals surface area contributed by atoms with Gasteiger partial charge in [-0.3, -0.25) is 9.59 Å². The predicted molar refractivity (Wildman–Crippen MR) is 93.3 cm³/mol. The molecule has 0 bridgehead atoms. The van der Waals surface area contributed by atoms with Crippen LogP contribution in [0.1, 0.15) is 43.8 Å². The standard InChI is InChI=1S/C19H25FN2O3/c1-25-17(15-8-5-9-16(20)12-15)13-22-19(24)18(23)21-11-10-14-6-3-2-4-7-14/h5-6,8-9,12,17H,2-4,7,10-11,13H2,1H3,(H,21,23)(H,22,24). The van der Waals surface area contributed by atoms with E-state index in [9.17, 15) is 14.0 Å². The second-order valence-corrected chi connectivity index (χ2v) is 6.10. The number of halogens is 1. The van der Waals surface area contributed by atoms with E-state index in [-0.39, 0.29) is 12.4 Å². The normalized spacial score (nSPS) is 15.2. The van der Waals surface area contributed by atoms with Gasteiger partial charge >= 0.3 is 11.8 Å². The van der Waals surface area contributed by atoms with Crippen molar-refractivity contribution in [1.82, 2.24) is 10.6 Å². The lowest BCUT2D eigenvalue weighted by Crippen LogP contribution is -2.42. The Labute approximate surface area is 147 Å². The summed E-state index contributed by atoms with van der Waals surface area (Å²) in [4.78, 5) is 23.7. The molecule has 1 aliphatic rings. The summed E-state index contributed by atoms with van der Waals surface area (Å²) >= 11 is 0. The number of carbonyl (C=O) groups excluding carboxylic acids is 2. The summed E-state index contributed by atoms with van der Waals surface area (Å²) in [6.45, 7) is 0.549. The van der Waals surface area contributed by atoms with Crippen LogP contribution in [0.2, 0.25) is 0 Å². The molecule has 1 aromatic carbocycles. The van der Waals surface area contributed by atoms with Crippen LogP contribution in [0, 0.1) is 5.82 Å². The minimum atomic E-state index is -0.712. The fourth-order valence-corrected chi connectivity index (χ4v) is 2.86. The highest BCUT2D eigenvalue weighted by Gasteiger charge is 2.17. The highest BCUT2D eigenvalue weighted by Crippen LogP contribution is 2.19. The van der Waals surface area contributed by atoms with Crippen LogP contribution < -0.4 is 10.6 Å². The first-order valence-electron chi connectivity index (χ1n) is 8.62. The molecule has 0 aromatic heterocycles. The third kappa shape index (κ3) is 6.31. The molecule has 1 atom stereocenters. The van der Waals surface area contributed by atoms with E-state index in [0.717, 1.165) is 19.3 Å². The van der Waals surface area contributed by atoms with Crippen LogP contribution in [0.3, 0.4) is 0 Å². The van der Waals surface area contributed by atoms with Crippen LogP contribution in [-0.4, -0.2) is 32.0 Å². The first-order valence-corrected chi connectivity index (χ1v) is 8.62. The van der Waals surface area contributed by atoms with Crippen molar-refractivity contribution in [1.29, 1.82) is 0 Å². The van der Waals surface area contributed by atoms with E-state index >= 15 is 0 Å². The summed E-state index contributed by atoms with van der Waals surface area (Å²) in [6.07, 6.45) is 7.08. The summed E-state index contributed by atoms with van der Waals surface area (Å²) in [5, 5.41) is 5.15. The third-order valence-electron chi connectivity index (χ3n) is 4.28. The van der Waals surface area contributed by atoms with Gasteiger partial charge in [0.2, 0.25) is 0 Å². The van der Waals surface area contributed by atoms with Gasteiger partial charge in [-0.05, 0) is 49.8 Å². The molecule has 0 saturated heterocycles. The fraction of sp³-hybridized carbons (Fsp3) is 0.474. The minimum Gasteiger partial charge on any atom is -0.375 e. The van der Waals surface area contributed by atoms with Gasteiger partial charge in [0.15, 0.2) is 0 Å². The summed E-state index contributed by atoms with van der Waals surface area (Å²) in [6, 6.07) is 5.97. The van der Waals surface area contributed by atoms with E-state index in [1.54, 1.807) is 12.1 Å². The van der Waals surface area contributed by atoms with Crippen LogP contribution in [0.15, 0.2) is 35.9 Å². The van der Waals surface area contributed by atoms with Crippen molar-refractivity contribution < 1.29 is 18.7 Å². The number of methoxy groups -OCH3 is 1. The molecule has 25 heavy (non-hydrogen) atoms. The second-order valence-electron chi connectivity index (χ2n) is 6.10. The Morgan fingerprint density at radius 3 is 2.72 bits per heavy atom. The second kappa shape index (κ2) is 9.93. The Balaban J connectivity index is 1.74. The molecule has 6 heteroatoms. The molecule has 136 valence electrons. The van der Waals surface area contributed by atoms with Crippen molar-refractivity contribution in [2.75, 3.05) is 20.2 Å². The lowest BCUT2D eigenvalue weighted by atomic mass is 9.97. The van der Waals surface area contributed by atoms with E-state index < -0.39 is 17.9 Å². The van der Waals surface area contributed by atoms with Gasteiger partial charge in [0, 0.05) is 20.2 Å². The van der Waals surface area contributed by atoms with Crippen LogP contribution in [0.4, 0.5) is 4.39 Å². The number of allylic oxidation sites excluding steroid dienone is 1. The topological polar surface area (TPSA) is 67.4 Å². The highest BCUT2D eigenvalue weighted by molar-refractivity contribution is 6.35. The number of benzene rings is 1. The number of carbonyl (C=O) groups is 2. The van der Waals surface area contributed by atoms with E-state index in [4.69, 9.17) is 4.74 Å². The molecule has 2 amide bonds. The summed E-state index contributed by atoms with van der Waals surface area (Å²) < 4.78 is 18.5. The van der Waals surface area contributed by atoms with Crippen LogP contribution in [-0.2, 0) is 14.3 Å². The predicted octanol–water partition coefficient (Wildman–Crippen LogP) is 2.64. The van der Waals surface area contributed by atoms with Crippen LogP contribution in [0.5, 0.6) is 0 Å². The van der Waals surface area contributed by atoms with Gasteiger partial charge in [-0.15, -0.1) is 0 Å². The molecule has 1 unspecified atom stereocenters. The zero-order chi connectivity index (χ0) is 18.1. The molecule has 0 radical (unpaired) electrons. The lowest BCUT2D eigenvalue weighted by molar-refractivity contribution is -0.139. The minimum absolute atomic E-state index is 0.0946. The molecule has 2 N–H and O–H groups in total. The monoisotopic (exact) mass is 348 g/mol. The van der Waals surface area contributed by atoms with Crippen LogP contribution in [0.25, 0.3) is 0 Å². The van der Waals surface area contributed by atoms with Gasteiger partial charge in [0.1, 0.15) is 5.82 Å². The van der Waals surface area contributed by atoms with Crippen molar-refractivity contribution in [2.24, 2.45) is 0 Å². The van der Waals surface area contributed by atoms with Gasteiger partial charge in [-0.2, -0.15) is 0 Å². The van der Waals surface area contributed by atoms with Gasteiger partial charge in [-0.25, -0.2) is 4.39 Å². The first-order chi connectivity index (χ1) is 12.1. The number of hydrogen-bond acceptors (Lipinski definition) is 3. The summed E-state index contributed by atoms with van der Waals surface area (Å²) in [7, 11) is 1.47. The Hall–Kier alpha value is -2.21. The molecule has 0 spiro atoms. The van der Waals surface area contributed by atoms with E-state index in [0.29, 0.717) is 12.1 Å². The fourth-order valence-electron chi connectivity index (χ4n) is 2.86. The molecule has 0 fully saturated rings. The molecule has 5 nitrogen and oxygen atoms in total. The Kier molecular flexibility index (Phi) is 7.60. The number of rotatable bonds is 7. The van der Waals surface area contributed by atoms with Crippen molar-refractivity contribution >= 4 is 11.8 Å².